The van der Waals surface area contributed by atoms with Crippen molar-refractivity contribution < 1.29 is 4.79 Å². The number of carbonyl (C=O) groups is 1. The second-order valence-corrected chi connectivity index (χ2v) is 3.92. The van der Waals surface area contributed by atoms with Crippen molar-refractivity contribution in [3.05, 3.63) is 35.4 Å². The van der Waals surface area contributed by atoms with E-state index in [1.807, 2.05) is 6.07 Å². The number of ketones is 1. The summed E-state index contributed by atoms with van der Waals surface area (Å²) in [6, 6.07) is 8.36. The van der Waals surface area contributed by atoms with Gasteiger partial charge in [0.15, 0.2) is 0 Å². The van der Waals surface area contributed by atoms with Crippen molar-refractivity contribution in [2.75, 3.05) is 0 Å². The number of hydrogen-bond donors (Lipinski definition) is 0. The van der Waals surface area contributed by atoms with Crippen LogP contribution in [0, 0.1) is 12.8 Å². The van der Waals surface area contributed by atoms with Gasteiger partial charge in [-0.1, -0.05) is 24.3 Å². The Labute approximate surface area is 78.8 Å². The lowest BCUT2D eigenvalue weighted by atomic mass is 10.0. The summed E-state index contributed by atoms with van der Waals surface area (Å²) in [7, 11) is 0. The van der Waals surface area contributed by atoms with E-state index >= 15 is 0 Å². The van der Waals surface area contributed by atoms with Gasteiger partial charge < -0.3 is 0 Å². The standard InChI is InChI=1S/C12H14O/c1-8-5-3-4-6-10(8)12-7-11(12)9(2)13/h3-6,11-12H,7H2,1-2H3/t11-,12+/m1/s1. The van der Waals surface area contributed by atoms with Crippen LogP contribution in [-0.4, -0.2) is 5.78 Å². The molecule has 2 atom stereocenters. The third-order valence-electron chi connectivity index (χ3n) is 2.90. The van der Waals surface area contributed by atoms with Gasteiger partial charge in [0, 0.05) is 5.92 Å². The van der Waals surface area contributed by atoms with Crippen LogP contribution in [0.2, 0.25) is 0 Å². The average Bonchev–Trinajstić information content (AvgIpc) is 2.84. The van der Waals surface area contributed by atoms with Gasteiger partial charge in [0.05, 0.1) is 0 Å². The van der Waals surface area contributed by atoms with Crippen LogP contribution < -0.4 is 0 Å². The largest absolute Gasteiger partial charge is 0.300 e. The van der Waals surface area contributed by atoms with E-state index in [1.54, 1.807) is 6.92 Å². The van der Waals surface area contributed by atoms with Crippen molar-refractivity contribution in [3.63, 3.8) is 0 Å². The molecule has 0 unspecified atom stereocenters. The summed E-state index contributed by atoms with van der Waals surface area (Å²) in [4.78, 5) is 11.1. The van der Waals surface area contributed by atoms with Crippen molar-refractivity contribution >= 4 is 5.78 Å². The summed E-state index contributed by atoms with van der Waals surface area (Å²) in [5.74, 6) is 1.16. The van der Waals surface area contributed by atoms with Crippen molar-refractivity contribution in [2.24, 2.45) is 5.92 Å². The number of hydrogen-bond acceptors (Lipinski definition) is 1. The van der Waals surface area contributed by atoms with E-state index in [9.17, 15) is 4.79 Å². The Balaban J connectivity index is 2.21. The van der Waals surface area contributed by atoms with E-state index in [-0.39, 0.29) is 0 Å². The van der Waals surface area contributed by atoms with Crippen molar-refractivity contribution in [2.45, 2.75) is 26.2 Å². The molecule has 2 rings (SSSR count). The molecule has 0 radical (unpaired) electrons. The summed E-state index contributed by atoms with van der Waals surface area (Å²) in [6.45, 7) is 3.81. The number of Topliss-reactive ketones (excluding diaryl/α,β-unsaturated/α-hetero) is 1. The molecule has 0 aromatic heterocycles. The lowest BCUT2D eigenvalue weighted by Crippen LogP contribution is -1.95. The molecule has 0 spiro atoms. The van der Waals surface area contributed by atoms with Gasteiger partial charge in [-0.15, -0.1) is 0 Å². The zero-order valence-electron chi connectivity index (χ0n) is 8.08. The Morgan fingerprint density at radius 1 is 1.38 bits per heavy atom. The second kappa shape index (κ2) is 2.99. The van der Waals surface area contributed by atoms with Gasteiger partial charge in [0.2, 0.25) is 0 Å². The molecule has 68 valence electrons. The van der Waals surface area contributed by atoms with E-state index < -0.39 is 0 Å². The molecule has 13 heavy (non-hydrogen) atoms. The molecule has 0 heterocycles. The first-order valence-electron chi connectivity index (χ1n) is 4.76. The highest BCUT2D eigenvalue weighted by Crippen LogP contribution is 2.48. The van der Waals surface area contributed by atoms with Gasteiger partial charge in [0.25, 0.3) is 0 Å². The third-order valence-corrected chi connectivity index (χ3v) is 2.90. The van der Waals surface area contributed by atoms with Crippen molar-refractivity contribution in [1.29, 1.82) is 0 Å². The smallest absolute Gasteiger partial charge is 0.133 e. The summed E-state index contributed by atoms with van der Waals surface area (Å²) in [5, 5.41) is 0. The normalized spacial score (nSPS) is 25.7. The molecule has 0 aliphatic heterocycles. The second-order valence-electron chi connectivity index (χ2n) is 3.92. The molecule has 0 amide bonds. The van der Waals surface area contributed by atoms with E-state index in [2.05, 4.69) is 25.1 Å². The molecule has 1 aliphatic carbocycles. The summed E-state index contributed by atoms with van der Waals surface area (Å²) >= 11 is 0. The zero-order valence-corrected chi connectivity index (χ0v) is 8.08. The van der Waals surface area contributed by atoms with Crippen LogP contribution in [-0.2, 0) is 4.79 Å². The molecule has 1 aliphatic rings. The summed E-state index contributed by atoms with van der Waals surface area (Å²) in [5.41, 5.74) is 2.68. The molecule has 1 aromatic carbocycles. The predicted molar refractivity (Wildman–Crippen MR) is 52.7 cm³/mol. The maximum Gasteiger partial charge on any atom is 0.133 e. The minimum atomic E-state index is 0.307. The lowest BCUT2D eigenvalue weighted by Gasteiger charge is -2.02. The first-order chi connectivity index (χ1) is 6.20. The third kappa shape index (κ3) is 1.51. The SMILES string of the molecule is CC(=O)[C@H]1C[C@H]1c1ccccc1C. The molecule has 0 bridgehead atoms. The van der Waals surface area contributed by atoms with E-state index in [0.717, 1.165) is 6.42 Å². The number of benzene rings is 1. The van der Waals surface area contributed by atoms with Crippen LogP contribution in [0.15, 0.2) is 24.3 Å². The quantitative estimate of drug-likeness (QED) is 0.673. The van der Waals surface area contributed by atoms with Gasteiger partial charge in [-0.25, -0.2) is 0 Å². The maximum absolute atomic E-state index is 11.1. The Kier molecular flexibility index (Phi) is 1.95. The molecular weight excluding hydrogens is 160 g/mol. The summed E-state index contributed by atoms with van der Waals surface area (Å²) < 4.78 is 0. The molecule has 0 saturated heterocycles. The highest BCUT2D eigenvalue weighted by molar-refractivity contribution is 5.82. The van der Waals surface area contributed by atoms with Gasteiger partial charge in [-0.05, 0) is 37.3 Å². The highest BCUT2D eigenvalue weighted by Gasteiger charge is 2.42. The van der Waals surface area contributed by atoms with Crippen LogP contribution >= 0.6 is 0 Å². The van der Waals surface area contributed by atoms with Crippen molar-refractivity contribution in [1.82, 2.24) is 0 Å². The van der Waals surface area contributed by atoms with Crippen LogP contribution in [0.4, 0.5) is 0 Å². The lowest BCUT2D eigenvalue weighted by molar-refractivity contribution is -0.118. The zero-order chi connectivity index (χ0) is 9.42. The van der Waals surface area contributed by atoms with E-state index in [1.165, 1.54) is 11.1 Å². The number of aryl methyl sites for hydroxylation is 1. The molecule has 1 saturated carbocycles. The number of carbonyl (C=O) groups excluding carboxylic acids is 1. The first kappa shape index (κ1) is 8.49. The highest BCUT2D eigenvalue weighted by atomic mass is 16.1. The fourth-order valence-electron chi connectivity index (χ4n) is 1.99. The molecule has 1 fully saturated rings. The monoisotopic (exact) mass is 174 g/mol. The van der Waals surface area contributed by atoms with E-state index in [0.29, 0.717) is 17.6 Å². The van der Waals surface area contributed by atoms with Crippen molar-refractivity contribution in [3.8, 4) is 0 Å². The molecule has 1 aromatic rings. The topological polar surface area (TPSA) is 17.1 Å². The van der Waals surface area contributed by atoms with Gasteiger partial charge in [0.1, 0.15) is 5.78 Å². The Hall–Kier alpha value is -1.11. The van der Waals surface area contributed by atoms with Crippen LogP contribution in [0.3, 0.4) is 0 Å². The fraction of sp³-hybridized carbons (Fsp3) is 0.417. The molecule has 1 heteroatoms. The molecular formula is C12H14O. The Bertz CT molecular complexity index is 341. The minimum absolute atomic E-state index is 0.307. The Morgan fingerprint density at radius 3 is 2.62 bits per heavy atom. The summed E-state index contributed by atoms with van der Waals surface area (Å²) in [6.07, 6.45) is 1.06. The minimum Gasteiger partial charge on any atom is -0.300 e. The first-order valence-corrected chi connectivity index (χ1v) is 4.76. The maximum atomic E-state index is 11.1. The van der Waals surface area contributed by atoms with Crippen LogP contribution in [0.1, 0.15) is 30.4 Å². The number of rotatable bonds is 2. The van der Waals surface area contributed by atoms with Crippen LogP contribution in [0.25, 0.3) is 0 Å². The average molecular weight is 174 g/mol. The van der Waals surface area contributed by atoms with Gasteiger partial charge >= 0.3 is 0 Å². The fourth-order valence-corrected chi connectivity index (χ4v) is 1.99. The van der Waals surface area contributed by atoms with Crippen LogP contribution in [0.5, 0.6) is 0 Å². The van der Waals surface area contributed by atoms with Gasteiger partial charge in [-0.3, -0.25) is 4.79 Å². The molecule has 0 N–H and O–H groups in total. The van der Waals surface area contributed by atoms with E-state index in [4.69, 9.17) is 0 Å². The van der Waals surface area contributed by atoms with Gasteiger partial charge in [-0.2, -0.15) is 0 Å². The predicted octanol–water partition coefficient (Wildman–Crippen LogP) is 2.69. The Morgan fingerprint density at radius 2 is 2.08 bits per heavy atom. The molecule has 1 nitrogen and oxygen atoms in total.